The lowest BCUT2D eigenvalue weighted by atomic mass is 10.0. The van der Waals surface area contributed by atoms with Crippen molar-refractivity contribution in [2.45, 2.75) is 32.7 Å². The molecule has 4 nitrogen and oxygen atoms in total. The van der Waals surface area contributed by atoms with E-state index in [9.17, 15) is 4.79 Å². The third-order valence-electron chi connectivity index (χ3n) is 3.12. The van der Waals surface area contributed by atoms with E-state index in [1.54, 1.807) is 7.11 Å². The number of nitrogens with two attached hydrogens (primary N) is 1. The molecular formula is C15H24N2O2. The van der Waals surface area contributed by atoms with Gasteiger partial charge in [-0.25, -0.2) is 0 Å². The summed E-state index contributed by atoms with van der Waals surface area (Å²) >= 11 is 0. The average Bonchev–Trinajstić information content (AvgIpc) is 2.43. The van der Waals surface area contributed by atoms with Crippen molar-refractivity contribution < 1.29 is 9.53 Å². The second-order valence-corrected chi connectivity index (χ2v) is 5.01. The van der Waals surface area contributed by atoms with Crippen LogP contribution in [0, 0.1) is 5.92 Å². The van der Waals surface area contributed by atoms with Crippen LogP contribution in [-0.4, -0.2) is 25.6 Å². The second-order valence-electron chi connectivity index (χ2n) is 5.01. The standard InChI is InChI=1S/C15H24N2O2/c1-11(2)14(16)15(18)17-10-4-5-12-6-8-13(19-3)9-7-12/h6-9,11,14H,4-5,10,16H2,1-3H3,(H,17,18)/t14-/m0/s1. The molecule has 1 rings (SSSR count). The number of carbonyl (C=O) groups is 1. The summed E-state index contributed by atoms with van der Waals surface area (Å²) in [7, 11) is 1.66. The van der Waals surface area contributed by atoms with E-state index in [1.807, 2.05) is 38.1 Å². The van der Waals surface area contributed by atoms with Gasteiger partial charge in [0, 0.05) is 6.54 Å². The smallest absolute Gasteiger partial charge is 0.237 e. The highest BCUT2D eigenvalue weighted by Gasteiger charge is 2.15. The quantitative estimate of drug-likeness (QED) is 0.737. The topological polar surface area (TPSA) is 64.3 Å². The van der Waals surface area contributed by atoms with E-state index in [-0.39, 0.29) is 11.8 Å². The lowest BCUT2D eigenvalue weighted by Crippen LogP contribution is -2.44. The van der Waals surface area contributed by atoms with Gasteiger partial charge in [-0.3, -0.25) is 4.79 Å². The van der Waals surface area contributed by atoms with Crippen molar-refractivity contribution in [3.05, 3.63) is 29.8 Å². The largest absolute Gasteiger partial charge is 0.497 e. The van der Waals surface area contributed by atoms with Crippen LogP contribution < -0.4 is 15.8 Å². The van der Waals surface area contributed by atoms with E-state index in [0.717, 1.165) is 18.6 Å². The molecule has 1 aromatic rings. The number of methoxy groups -OCH3 is 1. The van der Waals surface area contributed by atoms with E-state index in [0.29, 0.717) is 6.54 Å². The van der Waals surface area contributed by atoms with Gasteiger partial charge in [0.05, 0.1) is 13.2 Å². The molecule has 1 atom stereocenters. The zero-order valence-electron chi connectivity index (χ0n) is 12.0. The Bertz CT molecular complexity index is 388. The average molecular weight is 264 g/mol. The zero-order chi connectivity index (χ0) is 14.3. The molecule has 0 radical (unpaired) electrons. The Morgan fingerprint density at radius 1 is 1.32 bits per heavy atom. The molecule has 3 N–H and O–H groups in total. The van der Waals surface area contributed by atoms with Crippen LogP contribution in [0.15, 0.2) is 24.3 Å². The molecule has 0 spiro atoms. The van der Waals surface area contributed by atoms with E-state index in [4.69, 9.17) is 10.5 Å². The van der Waals surface area contributed by atoms with E-state index in [1.165, 1.54) is 5.56 Å². The summed E-state index contributed by atoms with van der Waals surface area (Å²) in [5.74, 6) is 0.964. The number of hydrogen-bond donors (Lipinski definition) is 2. The molecule has 0 aliphatic carbocycles. The van der Waals surface area contributed by atoms with Crippen LogP contribution in [0.2, 0.25) is 0 Å². The Balaban J connectivity index is 2.25. The predicted octanol–water partition coefficient (Wildman–Crippen LogP) is 1.73. The first-order valence-corrected chi connectivity index (χ1v) is 6.71. The van der Waals surface area contributed by atoms with Gasteiger partial charge < -0.3 is 15.8 Å². The first-order valence-electron chi connectivity index (χ1n) is 6.71. The lowest BCUT2D eigenvalue weighted by Gasteiger charge is -2.15. The Morgan fingerprint density at radius 3 is 2.47 bits per heavy atom. The van der Waals surface area contributed by atoms with Gasteiger partial charge in [0.25, 0.3) is 0 Å². The number of ether oxygens (including phenoxy) is 1. The molecule has 4 heteroatoms. The van der Waals surface area contributed by atoms with Gasteiger partial charge in [-0.1, -0.05) is 26.0 Å². The molecule has 106 valence electrons. The summed E-state index contributed by atoms with van der Waals surface area (Å²) in [6.07, 6.45) is 1.84. The molecule has 19 heavy (non-hydrogen) atoms. The van der Waals surface area contributed by atoms with E-state index < -0.39 is 6.04 Å². The van der Waals surface area contributed by atoms with Gasteiger partial charge in [-0.2, -0.15) is 0 Å². The summed E-state index contributed by atoms with van der Waals surface area (Å²) in [5.41, 5.74) is 7.00. The number of carbonyl (C=O) groups excluding carboxylic acids is 1. The van der Waals surface area contributed by atoms with Crippen LogP contribution in [0.3, 0.4) is 0 Å². The van der Waals surface area contributed by atoms with E-state index in [2.05, 4.69) is 5.32 Å². The summed E-state index contributed by atoms with van der Waals surface area (Å²) in [4.78, 5) is 11.6. The minimum Gasteiger partial charge on any atom is -0.497 e. The number of benzene rings is 1. The first-order chi connectivity index (χ1) is 9.04. The maximum absolute atomic E-state index is 11.6. The van der Waals surface area contributed by atoms with Gasteiger partial charge in [-0.15, -0.1) is 0 Å². The zero-order valence-corrected chi connectivity index (χ0v) is 12.0. The molecule has 1 aromatic carbocycles. The fraction of sp³-hybridized carbons (Fsp3) is 0.533. The minimum atomic E-state index is -0.416. The number of aryl methyl sites for hydroxylation is 1. The number of nitrogens with one attached hydrogen (secondary N) is 1. The Morgan fingerprint density at radius 2 is 1.95 bits per heavy atom. The monoisotopic (exact) mass is 264 g/mol. The van der Waals surface area contributed by atoms with Crippen molar-refractivity contribution in [2.75, 3.05) is 13.7 Å². The van der Waals surface area contributed by atoms with Gasteiger partial charge in [0.15, 0.2) is 0 Å². The highest BCUT2D eigenvalue weighted by Crippen LogP contribution is 2.12. The molecule has 0 aromatic heterocycles. The number of amides is 1. The van der Waals surface area contributed by atoms with Crippen LogP contribution in [0.5, 0.6) is 5.75 Å². The molecule has 0 aliphatic rings. The fourth-order valence-corrected chi connectivity index (χ4v) is 1.72. The Labute approximate surface area is 115 Å². The molecule has 0 fully saturated rings. The highest BCUT2D eigenvalue weighted by atomic mass is 16.5. The molecule has 0 saturated carbocycles. The Kier molecular flexibility index (Phi) is 6.36. The summed E-state index contributed by atoms with van der Waals surface area (Å²) < 4.78 is 5.10. The summed E-state index contributed by atoms with van der Waals surface area (Å²) in [6, 6.07) is 7.56. The third kappa shape index (κ3) is 5.30. The fourth-order valence-electron chi connectivity index (χ4n) is 1.72. The third-order valence-corrected chi connectivity index (χ3v) is 3.12. The molecule has 0 bridgehead atoms. The van der Waals surface area contributed by atoms with Crippen LogP contribution in [0.25, 0.3) is 0 Å². The maximum Gasteiger partial charge on any atom is 0.237 e. The molecule has 0 heterocycles. The van der Waals surface area contributed by atoms with Gasteiger partial charge in [-0.05, 0) is 36.5 Å². The predicted molar refractivity (Wildman–Crippen MR) is 77.1 cm³/mol. The molecular weight excluding hydrogens is 240 g/mol. The van der Waals surface area contributed by atoms with Crippen molar-refractivity contribution >= 4 is 5.91 Å². The van der Waals surface area contributed by atoms with E-state index >= 15 is 0 Å². The molecule has 0 unspecified atom stereocenters. The highest BCUT2D eigenvalue weighted by molar-refractivity contribution is 5.81. The second kappa shape index (κ2) is 7.79. The van der Waals surface area contributed by atoms with Crippen LogP contribution in [-0.2, 0) is 11.2 Å². The normalized spacial score (nSPS) is 12.3. The molecule has 0 saturated heterocycles. The lowest BCUT2D eigenvalue weighted by molar-refractivity contribution is -0.123. The van der Waals surface area contributed by atoms with Crippen molar-refractivity contribution in [1.82, 2.24) is 5.32 Å². The van der Waals surface area contributed by atoms with Crippen LogP contribution in [0.4, 0.5) is 0 Å². The van der Waals surface area contributed by atoms with Crippen molar-refractivity contribution in [3.8, 4) is 5.75 Å². The van der Waals surface area contributed by atoms with Gasteiger partial charge >= 0.3 is 0 Å². The molecule has 1 amide bonds. The van der Waals surface area contributed by atoms with Crippen LogP contribution >= 0.6 is 0 Å². The van der Waals surface area contributed by atoms with Crippen molar-refractivity contribution in [2.24, 2.45) is 11.7 Å². The SMILES string of the molecule is COc1ccc(CCCNC(=O)[C@@H](N)C(C)C)cc1. The maximum atomic E-state index is 11.6. The number of rotatable bonds is 7. The van der Waals surface area contributed by atoms with Gasteiger partial charge in [0.1, 0.15) is 5.75 Å². The summed E-state index contributed by atoms with van der Waals surface area (Å²) in [6.45, 7) is 4.55. The van der Waals surface area contributed by atoms with Crippen LogP contribution in [0.1, 0.15) is 25.8 Å². The van der Waals surface area contributed by atoms with Crippen molar-refractivity contribution in [1.29, 1.82) is 0 Å². The Hall–Kier alpha value is -1.55. The minimum absolute atomic E-state index is 0.0651. The van der Waals surface area contributed by atoms with Gasteiger partial charge in [0.2, 0.25) is 5.91 Å². The number of hydrogen-bond acceptors (Lipinski definition) is 3. The summed E-state index contributed by atoms with van der Waals surface area (Å²) in [5, 5.41) is 2.87. The first kappa shape index (κ1) is 15.5. The van der Waals surface area contributed by atoms with Crippen molar-refractivity contribution in [3.63, 3.8) is 0 Å². The molecule has 0 aliphatic heterocycles.